The summed E-state index contributed by atoms with van der Waals surface area (Å²) < 4.78 is 0. The molecule has 0 aromatic heterocycles. The first-order valence-corrected chi connectivity index (χ1v) is 6.67. The minimum Gasteiger partial charge on any atom is -0.396 e. The number of benzene rings is 1. The van der Waals surface area contributed by atoms with Crippen LogP contribution < -0.4 is 5.32 Å². The van der Waals surface area contributed by atoms with Crippen LogP contribution >= 0.6 is 0 Å². The SMILES string of the molecule is CCc1ccc(CNCC2(CCO)CC2)cc1. The molecule has 2 N–H and O–H groups in total. The molecule has 17 heavy (non-hydrogen) atoms. The summed E-state index contributed by atoms with van der Waals surface area (Å²) in [5.74, 6) is 0. The van der Waals surface area contributed by atoms with E-state index in [0.717, 1.165) is 25.9 Å². The lowest BCUT2D eigenvalue weighted by atomic mass is 10.0. The van der Waals surface area contributed by atoms with E-state index in [2.05, 4.69) is 36.5 Å². The van der Waals surface area contributed by atoms with Crippen molar-refractivity contribution in [2.75, 3.05) is 13.2 Å². The van der Waals surface area contributed by atoms with E-state index in [1.54, 1.807) is 0 Å². The van der Waals surface area contributed by atoms with Crippen molar-refractivity contribution >= 4 is 0 Å². The molecular formula is C15H23NO. The van der Waals surface area contributed by atoms with Crippen LogP contribution in [0.4, 0.5) is 0 Å². The topological polar surface area (TPSA) is 32.3 Å². The molecule has 0 aliphatic heterocycles. The minimum absolute atomic E-state index is 0.326. The molecule has 1 aromatic carbocycles. The van der Waals surface area contributed by atoms with Crippen LogP contribution in [0.25, 0.3) is 0 Å². The van der Waals surface area contributed by atoms with Gasteiger partial charge in [-0.1, -0.05) is 31.2 Å². The summed E-state index contributed by atoms with van der Waals surface area (Å²) >= 11 is 0. The third-order valence-corrected chi connectivity index (χ3v) is 3.86. The molecule has 1 aromatic rings. The highest BCUT2D eigenvalue weighted by Gasteiger charge is 2.41. The maximum Gasteiger partial charge on any atom is 0.0436 e. The summed E-state index contributed by atoms with van der Waals surface area (Å²) in [7, 11) is 0. The largest absolute Gasteiger partial charge is 0.396 e. The number of rotatable bonds is 7. The third-order valence-electron chi connectivity index (χ3n) is 3.86. The summed E-state index contributed by atoms with van der Waals surface area (Å²) in [4.78, 5) is 0. The molecule has 0 atom stereocenters. The molecule has 0 bridgehead atoms. The zero-order valence-corrected chi connectivity index (χ0v) is 10.7. The molecule has 0 radical (unpaired) electrons. The second-order valence-corrected chi connectivity index (χ2v) is 5.25. The molecular weight excluding hydrogens is 210 g/mol. The van der Waals surface area contributed by atoms with Crippen molar-refractivity contribution in [3.05, 3.63) is 35.4 Å². The summed E-state index contributed by atoms with van der Waals surface area (Å²) in [6.07, 6.45) is 4.60. The Morgan fingerprint density at radius 1 is 1.18 bits per heavy atom. The van der Waals surface area contributed by atoms with Crippen molar-refractivity contribution in [2.24, 2.45) is 5.41 Å². The molecule has 94 valence electrons. The van der Waals surface area contributed by atoms with Crippen LogP contribution in [-0.2, 0) is 13.0 Å². The number of aryl methyl sites for hydroxylation is 1. The van der Waals surface area contributed by atoms with Crippen molar-refractivity contribution in [3.8, 4) is 0 Å². The maximum atomic E-state index is 8.99. The Morgan fingerprint density at radius 3 is 2.35 bits per heavy atom. The zero-order chi connectivity index (χ0) is 12.1. The standard InChI is InChI=1S/C15H23NO/c1-2-13-3-5-14(6-4-13)11-16-12-15(7-8-15)9-10-17/h3-6,16-17H,2,7-12H2,1H3. The van der Waals surface area contributed by atoms with Crippen molar-refractivity contribution < 1.29 is 5.11 Å². The van der Waals surface area contributed by atoms with Gasteiger partial charge in [0.25, 0.3) is 0 Å². The summed E-state index contributed by atoms with van der Waals surface area (Å²) in [6.45, 7) is 4.49. The average Bonchev–Trinajstić information content (AvgIpc) is 3.11. The van der Waals surface area contributed by atoms with Crippen molar-refractivity contribution in [1.29, 1.82) is 0 Å². The molecule has 2 nitrogen and oxygen atoms in total. The molecule has 0 heterocycles. The molecule has 1 fully saturated rings. The van der Waals surface area contributed by atoms with Crippen molar-refractivity contribution in [3.63, 3.8) is 0 Å². The first kappa shape index (κ1) is 12.6. The van der Waals surface area contributed by atoms with Crippen LogP contribution in [-0.4, -0.2) is 18.3 Å². The van der Waals surface area contributed by atoms with Gasteiger partial charge in [0.05, 0.1) is 0 Å². The fourth-order valence-corrected chi connectivity index (χ4v) is 2.29. The number of hydrogen-bond acceptors (Lipinski definition) is 2. The molecule has 2 heteroatoms. The second kappa shape index (κ2) is 5.65. The zero-order valence-electron chi connectivity index (χ0n) is 10.7. The van der Waals surface area contributed by atoms with E-state index in [-0.39, 0.29) is 0 Å². The smallest absolute Gasteiger partial charge is 0.0436 e. The first-order chi connectivity index (χ1) is 8.28. The fourth-order valence-electron chi connectivity index (χ4n) is 2.29. The van der Waals surface area contributed by atoms with E-state index >= 15 is 0 Å². The number of aliphatic hydroxyl groups is 1. The molecule has 0 amide bonds. The Kier molecular flexibility index (Phi) is 4.19. The Morgan fingerprint density at radius 2 is 1.82 bits per heavy atom. The van der Waals surface area contributed by atoms with Crippen LogP contribution in [0.5, 0.6) is 0 Å². The average molecular weight is 233 g/mol. The van der Waals surface area contributed by atoms with E-state index in [1.807, 2.05) is 0 Å². The van der Waals surface area contributed by atoms with Crippen LogP contribution in [0.3, 0.4) is 0 Å². The number of nitrogens with one attached hydrogen (secondary N) is 1. The van der Waals surface area contributed by atoms with Gasteiger partial charge in [-0.25, -0.2) is 0 Å². The summed E-state index contributed by atoms with van der Waals surface area (Å²) in [6, 6.07) is 8.82. The Hall–Kier alpha value is -0.860. The monoisotopic (exact) mass is 233 g/mol. The minimum atomic E-state index is 0.326. The number of aliphatic hydroxyl groups excluding tert-OH is 1. The molecule has 1 saturated carbocycles. The van der Waals surface area contributed by atoms with Gasteiger partial charge in [0, 0.05) is 19.7 Å². The lowest BCUT2D eigenvalue weighted by Gasteiger charge is -2.14. The van der Waals surface area contributed by atoms with E-state index < -0.39 is 0 Å². The van der Waals surface area contributed by atoms with E-state index in [4.69, 9.17) is 5.11 Å². The lowest BCUT2D eigenvalue weighted by Crippen LogP contribution is -2.24. The highest BCUT2D eigenvalue weighted by molar-refractivity contribution is 5.22. The Bertz CT molecular complexity index is 340. The first-order valence-electron chi connectivity index (χ1n) is 6.67. The lowest BCUT2D eigenvalue weighted by molar-refractivity contribution is 0.245. The van der Waals surface area contributed by atoms with Crippen LogP contribution in [0.15, 0.2) is 24.3 Å². The Balaban J connectivity index is 1.74. The van der Waals surface area contributed by atoms with Crippen LogP contribution in [0.1, 0.15) is 37.3 Å². The van der Waals surface area contributed by atoms with Crippen LogP contribution in [0, 0.1) is 5.41 Å². The van der Waals surface area contributed by atoms with Crippen molar-refractivity contribution in [2.45, 2.75) is 39.2 Å². The Labute approximate surface area is 104 Å². The molecule has 0 spiro atoms. The highest BCUT2D eigenvalue weighted by Crippen LogP contribution is 2.47. The van der Waals surface area contributed by atoms with E-state index in [1.165, 1.54) is 24.0 Å². The van der Waals surface area contributed by atoms with Gasteiger partial charge in [-0.15, -0.1) is 0 Å². The van der Waals surface area contributed by atoms with Crippen molar-refractivity contribution in [1.82, 2.24) is 5.32 Å². The molecule has 1 aliphatic carbocycles. The quantitative estimate of drug-likeness (QED) is 0.758. The van der Waals surface area contributed by atoms with Crippen LogP contribution in [0.2, 0.25) is 0 Å². The van der Waals surface area contributed by atoms with Gasteiger partial charge in [-0.2, -0.15) is 0 Å². The second-order valence-electron chi connectivity index (χ2n) is 5.25. The van der Waals surface area contributed by atoms with E-state index in [9.17, 15) is 0 Å². The maximum absolute atomic E-state index is 8.99. The van der Waals surface area contributed by atoms with Gasteiger partial charge in [0.1, 0.15) is 0 Å². The normalized spacial score (nSPS) is 17.1. The van der Waals surface area contributed by atoms with Gasteiger partial charge in [-0.3, -0.25) is 0 Å². The van der Waals surface area contributed by atoms with Gasteiger partial charge < -0.3 is 10.4 Å². The molecule has 2 rings (SSSR count). The van der Waals surface area contributed by atoms with E-state index in [0.29, 0.717) is 12.0 Å². The number of hydrogen-bond donors (Lipinski definition) is 2. The van der Waals surface area contributed by atoms with Gasteiger partial charge in [0.2, 0.25) is 0 Å². The van der Waals surface area contributed by atoms with Gasteiger partial charge in [-0.05, 0) is 42.2 Å². The third kappa shape index (κ3) is 3.55. The molecule has 1 aliphatic rings. The molecule has 0 unspecified atom stereocenters. The fraction of sp³-hybridized carbons (Fsp3) is 0.600. The predicted octanol–water partition coefficient (Wildman–Crippen LogP) is 2.50. The van der Waals surface area contributed by atoms with Gasteiger partial charge >= 0.3 is 0 Å². The molecule has 0 saturated heterocycles. The predicted molar refractivity (Wildman–Crippen MR) is 70.9 cm³/mol. The summed E-state index contributed by atoms with van der Waals surface area (Å²) in [5, 5.41) is 12.5. The highest BCUT2D eigenvalue weighted by atomic mass is 16.3. The van der Waals surface area contributed by atoms with Gasteiger partial charge in [0.15, 0.2) is 0 Å². The summed E-state index contributed by atoms with van der Waals surface area (Å²) in [5.41, 5.74) is 3.16.